The summed E-state index contributed by atoms with van der Waals surface area (Å²) in [5.41, 5.74) is 2.72. The molecule has 0 saturated heterocycles. The number of carbonyl (C=O) groups is 4. The normalized spacial score (nSPS) is 11.2. The molecule has 8 aromatic rings. The number of carboxylic acid groups (broad SMARTS) is 2. The second-order valence-corrected chi connectivity index (χ2v) is 25.0. The second kappa shape index (κ2) is 26.3. The first-order valence-corrected chi connectivity index (χ1v) is 31.2. The van der Waals surface area contributed by atoms with Crippen molar-refractivity contribution < 1.29 is 72.3 Å². The first kappa shape index (κ1) is 59.2. The zero-order valence-corrected chi connectivity index (χ0v) is 47.0. The van der Waals surface area contributed by atoms with E-state index >= 15 is 0 Å². The van der Waals surface area contributed by atoms with Gasteiger partial charge in [0.05, 0.1) is 0 Å². The molecule has 2 amide bonds. The molecule has 0 aliphatic carbocycles. The Morgan fingerprint density at radius 2 is 0.962 bits per heavy atom. The topological polar surface area (TPSA) is 355 Å². The van der Waals surface area contributed by atoms with Crippen molar-refractivity contribution in [2.75, 3.05) is 46.8 Å². The minimum absolute atomic E-state index is 0.0674. The number of rotatable bonds is 18. The van der Waals surface area contributed by atoms with Gasteiger partial charge in [0, 0.05) is 24.5 Å². The number of hydrogen-bond acceptors (Lipinski definition) is 18. The van der Waals surface area contributed by atoms with Crippen molar-refractivity contribution in [1.82, 2.24) is 19.9 Å². The summed E-state index contributed by atoms with van der Waals surface area (Å²) in [5, 5.41) is 38.4. The third-order valence-electron chi connectivity index (χ3n) is 10.7. The molecule has 0 unspecified atom stereocenters. The summed E-state index contributed by atoms with van der Waals surface area (Å²) in [6, 6.07) is 25.2. The summed E-state index contributed by atoms with van der Waals surface area (Å²) < 4.78 is 72.9. The van der Waals surface area contributed by atoms with Crippen LogP contribution in [0.1, 0.15) is 25.2 Å². The van der Waals surface area contributed by atoms with Crippen molar-refractivity contribution in [2.45, 2.75) is 26.7 Å². The van der Waals surface area contributed by atoms with Gasteiger partial charge in [-0.1, -0.05) is 12.1 Å². The number of hydrogen-bond donors (Lipinski definition) is 8. The first-order valence-electron chi connectivity index (χ1n) is 22.8. The number of carboxylic acids is 2. The van der Waals surface area contributed by atoms with Gasteiger partial charge in [-0.05, 0) is 12.1 Å². The summed E-state index contributed by atoms with van der Waals surface area (Å²) in [6.45, 7) is 3.78. The predicted molar refractivity (Wildman–Crippen MR) is 289 cm³/mol. The number of aromatic nitrogens is 4. The number of phenols is 2. The molecule has 8 N–H and O–H groups in total. The maximum atomic E-state index is 12.7. The van der Waals surface area contributed by atoms with Crippen LogP contribution in [-0.4, -0.2) is 136 Å². The summed E-state index contributed by atoms with van der Waals surface area (Å²) >= 11 is -8.19. The fourth-order valence-corrected chi connectivity index (χ4v) is 11.6. The van der Waals surface area contributed by atoms with E-state index in [1.54, 1.807) is 36.7 Å². The molecule has 0 atom stereocenters. The average Bonchev–Trinajstić information content (AvgIpc) is 4.25. The molecule has 8 rings (SSSR count). The molecule has 6 heterocycles. The Hall–Kier alpha value is -8.06. The molecule has 408 valence electrons. The van der Waals surface area contributed by atoms with Gasteiger partial charge in [0.25, 0.3) is 0 Å². The molecule has 0 bridgehead atoms. The van der Waals surface area contributed by atoms with Crippen LogP contribution in [0.2, 0.25) is 0 Å². The number of carbonyl (C=O) groups excluding carboxylic acids is 2. The summed E-state index contributed by atoms with van der Waals surface area (Å²) in [5.74, 6) is -3.13. The molecule has 6 aromatic heterocycles. The summed E-state index contributed by atoms with van der Waals surface area (Å²) in [4.78, 5) is 68.7. The van der Waals surface area contributed by atoms with E-state index in [1.165, 1.54) is 49.0 Å². The van der Waals surface area contributed by atoms with E-state index < -0.39 is 52.1 Å². The number of nitrogens with zero attached hydrogens (tertiary/aromatic N) is 8. The zero-order chi connectivity index (χ0) is 56.9. The minimum atomic E-state index is -5.29. The van der Waals surface area contributed by atoms with Crippen LogP contribution in [0.4, 0.5) is 31.6 Å². The van der Waals surface area contributed by atoms with Crippen LogP contribution in [0.3, 0.4) is 0 Å². The average molecular weight is 1230 g/mol. The molecular weight excluding hydrogens is 1180 g/mol. The molecule has 28 heteroatoms. The first-order chi connectivity index (χ1) is 36.9. The van der Waals surface area contributed by atoms with Gasteiger partial charge in [-0.15, -0.1) is 0 Å². The smallest absolute Gasteiger partial charge is 0.328 e. The Morgan fingerprint density at radius 1 is 0.577 bits per heavy atom. The van der Waals surface area contributed by atoms with E-state index in [9.17, 15) is 53.3 Å². The Bertz CT molecular complexity index is 3250. The molecule has 78 heavy (non-hydrogen) atoms. The maximum absolute atomic E-state index is 12.7. The summed E-state index contributed by atoms with van der Waals surface area (Å²) in [7, 11) is 3.78. The van der Waals surface area contributed by atoms with Crippen LogP contribution in [0.15, 0.2) is 143 Å². The fourth-order valence-electron chi connectivity index (χ4n) is 7.02. The Kier molecular flexibility index (Phi) is 20.0. The Balaban J connectivity index is 0.000000221. The number of thiazole rings is 2. The van der Waals surface area contributed by atoms with Crippen molar-refractivity contribution in [3.8, 4) is 34.4 Å². The predicted octanol–water partition coefficient (Wildman–Crippen LogP) is 4.57. The Morgan fingerprint density at radius 3 is 1.26 bits per heavy atom. The van der Waals surface area contributed by atoms with Crippen LogP contribution in [0.5, 0.6) is 11.5 Å². The van der Waals surface area contributed by atoms with Crippen molar-refractivity contribution in [1.29, 1.82) is 0 Å². The van der Waals surface area contributed by atoms with Crippen molar-refractivity contribution in [2.24, 2.45) is 0 Å². The molecule has 24 nitrogen and oxygen atoms in total. The standard InChI is InChI=1S/2C23H23AsN4O6S.C4H4O4/c2*1-15(29)28(18-14-16(24(31,32)33)8-9-19(18)30)23-26-21(20-7-5-13-34-20)22(35-23)27(2)12-10-17-6-3-4-11-25-17;5-3(6)1-2-4(7)8/h2*3-9,11,13-14,30H,10,12H2,1-2H3,(H2,31,32,33);1-2H,(H,5,6)(H,7,8)/b;;2-1+. The van der Waals surface area contributed by atoms with Crippen molar-refractivity contribution >= 4 is 115 Å². The van der Waals surface area contributed by atoms with Crippen LogP contribution < -0.4 is 28.3 Å². The van der Waals surface area contributed by atoms with Crippen LogP contribution in [0, 0.1) is 0 Å². The van der Waals surface area contributed by atoms with Crippen molar-refractivity contribution in [3.05, 3.63) is 146 Å². The van der Waals surface area contributed by atoms with E-state index in [4.69, 9.17) is 19.0 Å². The number of anilines is 6. The van der Waals surface area contributed by atoms with Crippen LogP contribution >= 0.6 is 22.7 Å². The van der Waals surface area contributed by atoms with Gasteiger partial charge in [0.2, 0.25) is 0 Å². The molecule has 0 aliphatic heterocycles. The molecule has 0 radical (unpaired) electrons. The summed E-state index contributed by atoms with van der Waals surface area (Å²) in [6.07, 6.45) is 8.97. The van der Waals surface area contributed by atoms with Gasteiger partial charge in [-0.2, -0.15) is 0 Å². The monoisotopic (exact) mass is 1230 g/mol. The van der Waals surface area contributed by atoms with Crippen LogP contribution in [0.25, 0.3) is 22.9 Å². The van der Waals surface area contributed by atoms with Gasteiger partial charge in [0.1, 0.15) is 0 Å². The second-order valence-electron chi connectivity index (χ2n) is 16.4. The molecule has 0 fully saturated rings. The van der Waals surface area contributed by atoms with Gasteiger partial charge >= 0.3 is 392 Å². The van der Waals surface area contributed by atoms with E-state index in [2.05, 4.69) is 19.9 Å². The zero-order valence-electron chi connectivity index (χ0n) is 41.7. The van der Waals surface area contributed by atoms with E-state index in [0.717, 1.165) is 57.6 Å². The number of phenolic OH excluding ortho intramolecular Hbond substituents is 2. The molecular formula is C50H50As2N8O16S2. The fraction of sp³-hybridized carbons (Fsp3) is 0.160. The van der Waals surface area contributed by atoms with E-state index in [1.807, 2.05) is 60.3 Å². The largest absolute Gasteiger partial charge is 0.478 e. The van der Waals surface area contributed by atoms with Gasteiger partial charge in [0.15, 0.2) is 0 Å². The third kappa shape index (κ3) is 15.8. The number of aromatic hydroxyl groups is 2. The van der Waals surface area contributed by atoms with Gasteiger partial charge < -0.3 is 10.2 Å². The minimum Gasteiger partial charge on any atom is -0.478 e. The molecule has 0 saturated carbocycles. The molecule has 0 aliphatic rings. The molecule has 0 spiro atoms. The van der Waals surface area contributed by atoms with Crippen molar-refractivity contribution in [3.63, 3.8) is 0 Å². The number of likely N-dealkylation sites (N-methyl/N-ethyl adjacent to an activating group) is 2. The Labute approximate surface area is 458 Å². The van der Waals surface area contributed by atoms with Gasteiger partial charge in [-0.3, -0.25) is 0 Å². The SMILES string of the molecule is CC(=O)N(c1nc(-c2ccco2)c(N(C)CCc2ccccn2)s1)c1cc([As](=O)(O)O)ccc1O.CC(=O)N(c1nc(-c2ccco2)c(N(C)CCc2ccccn2)s1)c1cc([As](=O)(O)O)ccc1O.O=C(O)/C=C/C(=O)O. The van der Waals surface area contributed by atoms with E-state index in [-0.39, 0.29) is 41.8 Å². The quantitative estimate of drug-likeness (QED) is 0.0431. The maximum Gasteiger partial charge on any atom is 0.328 e. The number of furan rings is 2. The van der Waals surface area contributed by atoms with Gasteiger partial charge in [-0.25, -0.2) is 9.59 Å². The van der Waals surface area contributed by atoms with E-state index in [0.29, 0.717) is 71.0 Å². The molecule has 2 aromatic carbocycles. The number of amides is 2. The number of aliphatic carboxylic acids is 2. The third-order valence-corrected chi connectivity index (χ3v) is 17.0. The number of pyridine rings is 2. The number of benzene rings is 2. The van der Waals surface area contributed by atoms with Crippen LogP contribution in [-0.2, 0) is 39.5 Å².